The number of hydrogen-bond acceptors (Lipinski definition) is 7. The number of aromatic nitrogens is 2. The highest BCUT2D eigenvalue weighted by atomic mass is 33.1. The molecule has 0 aliphatic rings. The molecule has 16 heavy (non-hydrogen) atoms. The van der Waals surface area contributed by atoms with Crippen molar-refractivity contribution in [3.05, 3.63) is 24.6 Å². The molecule has 0 aliphatic carbocycles. The van der Waals surface area contributed by atoms with E-state index in [0.717, 1.165) is 8.58 Å². The van der Waals surface area contributed by atoms with Gasteiger partial charge in [-0.2, -0.15) is 5.10 Å². The van der Waals surface area contributed by atoms with Crippen molar-refractivity contribution in [1.29, 1.82) is 0 Å². The molecule has 1 N–H and O–H groups in total. The first-order valence-electron chi connectivity index (χ1n) is 4.25. The Morgan fingerprint density at radius 1 is 1.50 bits per heavy atom. The average molecular weight is 327 g/mol. The van der Waals surface area contributed by atoms with Crippen molar-refractivity contribution in [3.63, 3.8) is 0 Å². The van der Waals surface area contributed by atoms with E-state index >= 15 is 0 Å². The summed E-state index contributed by atoms with van der Waals surface area (Å²) in [5.74, 6) is 0. The van der Waals surface area contributed by atoms with Crippen LogP contribution in [0.2, 0.25) is 0 Å². The van der Waals surface area contributed by atoms with E-state index in [1.54, 1.807) is 33.3 Å². The Kier molecular flexibility index (Phi) is 7.25. The largest absolute Gasteiger partial charge is 0.257 e. The van der Waals surface area contributed by atoms with Gasteiger partial charge in [-0.25, -0.2) is 0 Å². The molecule has 0 spiro atoms. The second-order valence-electron chi connectivity index (χ2n) is 2.38. The van der Waals surface area contributed by atoms with Gasteiger partial charge < -0.3 is 0 Å². The van der Waals surface area contributed by atoms with Crippen molar-refractivity contribution in [2.45, 2.75) is 18.2 Å². The zero-order chi connectivity index (χ0) is 12.0. The topological polar surface area (TPSA) is 28.7 Å². The molecular formula is C8H10N2S6. The normalized spacial score (nSPS) is 13.2. The smallest absolute Gasteiger partial charge is 0.183 e. The lowest BCUT2D eigenvalue weighted by Gasteiger charge is -2.02. The minimum atomic E-state index is 0.709. The molecule has 88 valence electrons. The second kappa shape index (κ2) is 7.88. The Bertz CT molecular complexity index is 443. The van der Waals surface area contributed by atoms with Crippen molar-refractivity contribution in [3.8, 4) is 0 Å². The molecule has 0 saturated carbocycles. The summed E-state index contributed by atoms with van der Waals surface area (Å²) in [5.41, 5.74) is 0. The van der Waals surface area contributed by atoms with E-state index in [1.165, 1.54) is 15.6 Å². The molecular weight excluding hydrogens is 317 g/mol. The summed E-state index contributed by atoms with van der Waals surface area (Å²) in [6, 6.07) is 0. The van der Waals surface area contributed by atoms with Gasteiger partial charge in [-0.1, -0.05) is 35.3 Å². The lowest BCUT2D eigenvalue weighted by atomic mass is 10.8. The van der Waals surface area contributed by atoms with Gasteiger partial charge in [0.1, 0.15) is 0 Å². The number of hydrogen-bond donors (Lipinski definition) is 2. The van der Waals surface area contributed by atoms with Gasteiger partial charge in [-0.05, 0) is 47.7 Å². The summed E-state index contributed by atoms with van der Waals surface area (Å²) in [5, 5.41) is 6.84. The van der Waals surface area contributed by atoms with Crippen LogP contribution in [0.3, 0.4) is 0 Å². The van der Waals surface area contributed by atoms with Crippen LogP contribution in [-0.2, 0) is 0 Å². The van der Waals surface area contributed by atoms with E-state index in [9.17, 15) is 0 Å². The van der Waals surface area contributed by atoms with Crippen molar-refractivity contribution in [2.24, 2.45) is 0 Å². The van der Waals surface area contributed by atoms with E-state index in [-0.39, 0.29) is 0 Å². The van der Waals surface area contributed by atoms with Crippen LogP contribution in [0.25, 0.3) is 0 Å². The quantitative estimate of drug-likeness (QED) is 0.434. The minimum absolute atomic E-state index is 0.709. The number of nitrogens with zero attached hydrogens (tertiary/aromatic N) is 1. The molecule has 1 heterocycles. The molecule has 0 aromatic carbocycles. The maximum Gasteiger partial charge on any atom is 0.183 e. The molecule has 1 aromatic rings. The molecule has 8 heteroatoms. The van der Waals surface area contributed by atoms with Crippen LogP contribution in [0.15, 0.2) is 25.0 Å². The molecule has 0 bridgehead atoms. The Labute approximate surface area is 122 Å². The van der Waals surface area contributed by atoms with Crippen molar-refractivity contribution in [2.75, 3.05) is 0 Å². The highest BCUT2D eigenvalue weighted by molar-refractivity contribution is 8.80. The zero-order valence-corrected chi connectivity index (χ0v) is 13.6. The van der Waals surface area contributed by atoms with Gasteiger partial charge in [-0.15, -0.1) is 12.6 Å². The van der Waals surface area contributed by atoms with E-state index < -0.39 is 0 Å². The highest BCUT2D eigenvalue weighted by Gasteiger charge is 2.04. The van der Waals surface area contributed by atoms with Crippen molar-refractivity contribution in [1.82, 2.24) is 10.2 Å². The molecule has 1 rings (SSSR count). The number of thioether (sulfide) groups is 1. The predicted octanol–water partition coefficient (Wildman–Crippen LogP) is 5.33. The SMILES string of the molecule is CC=C(SSc1n[nH]c(=S)s1)S/C(S)=C/C. The van der Waals surface area contributed by atoms with Gasteiger partial charge in [0, 0.05) is 4.24 Å². The average Bonchev–Trinajstić information content (AvgIpc) is 2.69. The summed E-state index contributed by atoms with van der Waals surface area (Å²) in [6.45, 7) is 3.98. The van der Waals surface area contributed by atoms with Crippen LogP contribution >= 0.6 is 69.5 Å². The van der Waals surface area contributed by atoms with Crippen LogP contribution < -0.4 is 0 Å². The number of allylic oxidation sites excluding steroid dienone is 2. The maximum atomic E-state index is 4.97. The number of aromatic amines is 1. The van der Waals surface area contributed by atoms with E-state index in [1.807, 2.05) is 19.9 Å². The third-order valence-corrected chi connectivity index (χ3v) is 7.21. The monoisotopic (exact) mass is 326 g/mol. The van der Waals surface area contributed by atoms with E-state index in [4.69, 9.17) is 12.2 Å². The van der Waals surface area contributed by atoms with Crippen LogP contribution in [0.1, 0.15) is 13.8 Å². The Morgan fingerprint density at radius 3 is 2.75 bits per heavy atom. The lowest BCUT2D eigenvalue weighted by Crippen LogP contribution is -1.69. The first-order valence-corrected chi connectivity index (χ1v) is 8.89. The van der Waals surface area contributed by atoms with E-state index in [0.29, 0.717) is 3.95 Å². The first kappa shape index (κ1) is 14.7. The van der Waals surface area contributed by atoms with Gasteiger partial charge >= 0.3 is 0 Å². The Balaban J connectivity index is 2.50. The molecule has 0 saturated heterocycles. The van der Waals surface area contributed by atoms with Crippen LogP contribution in [-0.4, -0.2) is 10.2 Å². The molecule has 0 aliphatic heterocycles. The summed E-state index contributed by atoms with van der Waals surface area (Å²) in [7, 11) is 3.27. The van der Waals surface area contributed by atoms with Gasteiger partial charge in [0.05, 0.1) is 4.24 Å². The number of nitrogens with one attached hydrogen (secondary N) is 1. The molecule has 1 aromatic heterocycles. The number of H-pyrrole nitrogens is 1. The Hall–Kier alpha value is 0.660. The molecule has 0 atom stereocenters. The summed E-state index contributed by atoms with van der Waals surface area (Å²) in [6.07, 6.45) is 4.04. The third kappa shape index (κ3) is 5.33. The van der Waals surface area contributed by atoms with Gasteiger partial charge in [0.25, 0.3) is 0 Å². The molecule has 0 fully saturated rings. The first-order chi connectivity index (χ1) is 7.65. The van der Waals surface area contributed by atoms with Crippen LogP contribution in [0, 0.1) is 3.95 Å². The fourth-order valence-electron chi connectivity index (χ4n) is 0.615. The molecule has 2 nitrogen and oxygen atoms in total. The molecule has 0 radical (unpaired) electrons. The highest BCUT2D eigenvalue weighted by Crippen LogP contribution is 2.45. The predicted molar refractivity (Wildman–Crippen MR) is 84.8 cm³/mol. The van der Waals surface area contributed by atoms with Crippen molar-refractivity contribution < 1.29 is 0 Å². The fraction of sp³-hybridized carbons (Fsp3) is 0.250. The molecule has 0 amide bonds. The third-order valence-electron chi connectivity index (χ3n) is 1.30. The minimum Gasteiger partial charge on any atom is -0.257 e. The van der Waals surface area contributed by atoms with E-state index in [2.05, 4.69) is 28.9 Å². The number of rotatable bonds is 5. The maximum absolute atomic E-state index is 4.97. The standard InChI is InChI=1S/C8H10N2S6/c1-3-5(11)13-6(4-2)15-16-8-10-9-7(12)14-8/h3-4,11H,1-2H3,(H,9,12)/b5-3+,6-4?. The summed E-state index contributed by atoms with van der Waals surface area (Å²) >= 11 is 12.4. The summed E-state index contributed by atoms with van der Waals surface area (Å²) in [4.78, 5) is 0. The van der Waals surface area contributed by atoms with Gasteiger partial charge in [0.2, 0.25) is 0 Å². The summed E-state index contributed by atoms with van der Waals surface area (Å²) < 4.78 is 3.84. The zero-order valence-electron chi connectivity index (χ0n) is 8.59. The van der Waals surface area contributed by atoms with Crippen molar-refractivity contribution >= 4 is 69.5 Å². The van der Waals surface area contributed by atoms with Gasteiger partial charge in [0.15, 0.2) is 8.29 Å². The van der Waals surface area contributed by atoms with Crippen LogP contribution in [0.5, 0.6) is 0 Å². The second-order valence-corrected chi connectivity index (χ2v) is 8.59. The number of thiol groups is 1. The molecule has 0 unspecified atom stereocenters. The van der Waals surface area contributed by atoms with Crippen LogP contribution in [0.4, 0.5) is 0 Å². The lowest BCUT2D eigenvalue weighted by molar-refractivity contribution is 1.01. The van der Waals surface area contributed by atoms with Gasteiger partial charge in [-0.3, -0.25) is 5.10 Å². The Morgan fingerprint density at radius 2 is 2.25 bits per heavy atom. The fourth-order valence-corrected chi connectivity index (χ4v) is 5.53.